The summed E-state index contributed by atoms with van der Waals surface area (Å²) < 4.78 is 0. The summed E-state index contributed by atoms with van der Waals surface area (Å²) in [5, 5.41) is 1.13. The van der Waals surface area contributed by atoms with Gasteiger partial charge in [0, 0.05) is 29.2 Å². The highest BCUT2D eigenvalue weighted by Crippen LogP contribution is 2.21. The number of amides is 1. The van der Waals surface area contributed by atoms with Gasteiger partial charge in [0.1, 0.15) is 0 Å². The van der Waals surface area contributed by atoms with Crippen molar-refractivity contribution in [2.45, 2.75) is 13.8 Å². The topological polar surface area (TPSA) is 20.3 Å². The summed E-state index contributed by atoms with van der Waals surface area (Å²) in [5.74, 6) is -0.0129. The lowest BCUT2D eigenvalue weighted by Crippen LogP contribution is -2.28. The summed E-state index contributed by atoms with van der Waals surface area (Å²) in [6.07, 6.45) is 3.24. The van der Waals surface area contributed by atoms with Crippen molar-refractivity contribution in [3.05, 3.63) is 39.9 Å². The van der Waals surface area contributed by atoms with Gasteiger partial charge in [-0.3, -0.25) is 4.79 Å². The molecule has 1 amide bonds. The highest BCUT2D eigenvalue weighted by molar-refractivity contribution is 6.35. The molecule has 0 unspecified atom stereocenters. The van der Waals surface area contributed by atoms with Crippen LogP contribution in [-0.4, -0.2) is 23.9 Å². The molecule has 92 valence electrons. The van der Waals surface area contributed by atoms with Gasteiger partial charge in [0.05, 0.1) is 0 Å². The molecule has 1 aromatic rings. The maximum atomic E-state index is 11.7. The Kier molecular flexibility index (Phi) is 5.52. The molecule has 2 nitrogen and oxygen atoms in total. The highest BCUT2D eigenvalue weighted by Gasteiger charge is 2.05. The van der Waals surface area contributed by atoms with Crippen LogP contribution < -0.4 is 0 Å². The Labute approximate surface area is 112 Å². The first-order valence-electron chi connectivity index (χ1n) is 5.50. The van der Waals surface area contributed by atoms with E-state index in [1.807, 2.05) is 13.8 Å². The lowest BCUT2D eigenvalue weighted by Gasteiger charge is -2.15. The number of carbonyl (C=O) groups excluding carboxylic acids is 1. The molecule has 0 aromatic heterocycles. The zero-order valence-electron chi connectivity index (χ0n) is 9.91. The van der Waals surface area contributed by atoms with Crippen LogP contribution in [0.5, 0.6) is 0 Å². The Hall–Kier alpha value is -0.990. The van der Waals surface area contributed by atoms with Gasteiger partial charge in [-0.1, -0.05) is 29.3 Å². The number of hydrogen-bond donors (Lipinski definition) is 0. The third-order valence-corrected chi connectivity index (χ3v) is 3.01. The van der Waals surface area contributed by atoms with Crippen LogP contribution in [0.15, 0.2) is 24.3 Å². The van der Waals surface area contributed by atoms with E-state index in [0.717, 1.165) is 5.56 Å². The second-order valence-electron chi connectivity index (χ2n) is 3.51. The zero-order valence-corrected chi connectivity index (χ0v) is 11.4. The number of likely N-dealkylation sites (N-methyl/N-ethyl adjacent to an activating group) is 1. The van der Waals surface area contributed by atoms with Gasteiger partial charge in [0.2, 0.25) is 5.91 Å². The van der Waals surface area contributed by atoms with E-state index in [0.29, 0.717) is 23.1 Å². The molecule has 0 bridgehead atoms. The van der Waals surface area contributed by atoms with Gasteiger partial charge in [0.25, 0.3) is 0 Å². The van der Waals surface area contributed by atoms with Crippen molar-refractivity contribution in [3.8, 4) is 0 Å². The lowest BCUT2D eigenvalue weighted by atomic mass is 10.2. The molecular weight excluding hydrogens is 257 g/mol. The van der Waals surface area contributed by atoms with Crippen LogP contribution in [0, 0.1) is 0 Å². The second kappa shape index (κ2) is 6.67. The van der Waals surface area contributed by atoms with E-state index in [2.05, 4.69) is 0 Å². The molecule has 0 heterocycles. The van der Waals surface area contributed by atoms with E-state index in [-0.39, 0.29) is 5.91 Å². The largest absolute Gasteiger partial charge is 0.340 e. The fourth-order valence-corrected chi connectivity index (χ4v) is 1.91. The van der Waals surface area contributed by atoms with Crippen molar-refractivity contribution in [1.82, 2.24) is 4.90 Å². The van der Waals surface area contributed by atoms with E-state index < -0.39 is 0 Å². The Morgan fingerprint density at radius 2 is 1.94 bits per heavy atom. The molecule has 17 heavy (non-hydrogen) atoms. The third kappa shape index (κ3) is 4.06. The quantitative estimate of drug-likeness (QED) is 0.762. The average molecular weight is 272 g/mol. The lowest BCUT2D eigenvalue weighted by molar-refractivity contribution is -0.125. The van der Waals surface area contributed by atoms with E-state index >= 15 is 0 Å². The zero-order chi connectivity index (χ0) is 12.8. The molecule has 0 saturated heterocycles. The standard InChI is InChI=1S/C13H15Cl2NO/c1-3-16(4-2)13(17)8-6-10-5-7-11(14)9-12(10)15/h5-9H,3-4H2,1-2H3/b8-6+. The molecule has 1 rings (SSSR count). The third-order valence-electron chi connectivity index (χ3n) is 2.44. The first kappa shape index (κ1) is 14.1. The summed E-state index contributed by atoms with van der Waals surface area (Å²) in [5.41, 5.74) is 0.788. The first-order valence-corrected chi connectivity index (χ1v) is 6.26. The molecule has 4 heteroatoms. The second-order valence-corrected chi connectivity index (χ2v) is 4.35. The molecule has 0 saturated carbocycles. The molecule has 0 aliphatic heterocycles. The normalized spacial score (nSPS) is 10.8. The predicted molar refractivity (Wildman–Crippen MR) is 73.4 cm³/mol. The number of hydrogen-bond acceptors (Lipinski definition) is 1. The smallest absolute Gasteiger partial charge is 0.246 e. The fourth-order valence-electron chi connectivity index (χ4n) is 1.44. The van der Waals surface area contributed by atoms with Gasteiger partial charge < -0.3 is 4.90 Å². The molecule has 1 aromatic carbocycles. The van der Waals surface area contributed by atoms with Crippen molar-refractivity contribution in [2.75, 3.05) is 13.1 Å². The summed E-state index contributed by atoms with van der Waals surface area (Å²) in [6.45, 7) is 5.30. The van der Waals surface area contributed by atoms with Crippen LogP contribution in [0.4, 0.5) is 0 Å². The van der Waals surface area contributed by atoms with Crippen LogP contribution in [0.25, 0.3) is 6.08 Å². The first-order chi connectivity index (χ1) is 8.08. The van der Waals surface area contributed by atoms with Crippen LogP contribution in [0.2, 0.25) is 10.0 Å². The molecule has 0 N–H and O–H groups in total. The van der Waals surface area contributed by atoms with E-state index in [1.165, 1.54) is 6.08 Å². The van der Waals surface area contributed by atoms with Gasteiger partial charge in [-0.15, -0.1) is 0 Å². The molecule has 0 spiro atoms. The van der Waals surface area contributed by atoms with Crippen molar-refractivity contribution >= 4 is 35.2 Å². The highest BCUT2D eigenvalue weighted by atomic mass is 35.5. The Morgan fingerprint density at radius 1 is 1.29 bits per heavy atom. The molecule has 0 atom stereocenters. The number of rotatable bonds is 4. The number of nitrogens with zero attached hydrogens (tertiary/aromatic N) is 1. The molecule has 0 aliphatic rings. The summed E-state index contributed by atoms with van der Waals surface area (Å²) in [6, 6.07) is 5.19. The molecule has 0 aliphatic carbocycles. The Morgan fingerprint density at radius 3 is 2.47 bits per heavy atom. The van der Waals surface area contributed by atoms with Gasteiger partial charge in [-0.25, -0.2) is 0 Å². The summed E-state index contributed by atoms with van der Waals surface area (Å²) in [7, 11) is 0. The SMILES string of the molecule is CCN(CC)C(=O)/C=C/c1ccc(Cl)cc1Cl. The Balaban J connectivity index is 2.80. The Bertz CT molecular complexity index is 425. The van der Waals surface area contributed by atoms with Crippen molar-refractivity contribution in [1.29, 1.82) is 0 Å². The van der Waals surface area contributed by atoms with Crippen LogP contribution >= 0.6 is 23.2 Å². The molecular formula is C13H15Cl2NO. The van der Waals surface area contributed by atoms with Gasteiger partial charge in [-0.2, -0.15) is 0 Å². The number of carbonyl (C=O) groups is 1. The van der Waals surface area contributed by atoms with Crippen LogP contribution in [-0.2, 0) is 4.79 Å². The van der Waals surface area contributed by atoms with Crippen LogP contribution in [0.3, 0.4) is 0 Å². The minimum absolute atomic E-state index is 0.0129. The molecule has 0 radical (unpaired) electrons. The summed E-state index contributed by atoms with van der Waals surface area (Å²) >= 11 is 11.8. The maximum Gasteiger partial charge on any atom is 0.246 e. The number of benzene rings is 1. The van der Waals surface area contributed by atoms with E-state index in [9.17, 15) is 4.79 Å². The summed E-state index contributed by atoms with van der Waals surface area (Å²) in [4.78, 5) is 13.5. The average Bonchev–Trinajstić information content (AvgIpc) is 2.29. The minimum Gasteiger partial charge on any atom is -0.340 e. The van der Waals surface area contributed by atoms with Crippen molar-refractivity contribution in [3.63, 3.8) is 0 Å². The van der Waals surface area contributed by atoms with Crippen LogP contribution in [0.1, 0.15) is 19.4 Å². The van der Waals surface area contributed by atoms with Crippen molar-refractivity contribution < 1.29 is 4.79 Å². The van der Waals surface area contributed by atoms with Gasteiger partial charge >= 0.3 is 0 Å². The minimum atomic E-state index is -0.0129. The number of halogens is 2. The van der Waals surface area contributed by atoms with Crippen molar-refractivity contribution in [2.24, 2.45) is 0 Å². The van der Waals surface area contributed by atoms with Gasteiger partial charge in [-0.05, 0) is 37.6 Å². The predicted octanol–water partition coefficient (Wildman–Crippen LogP) is 3.88. The maximum absolute atomic E-state index is 11.7. The van der Waals surface area contributed by atoms with Gasteiger partial charge in [0.15, 0.2) is 0 Å². The monoisotopic (exact) mass is 271 g/mol. The van der Waals surface area contributed by atoms with E-state index in [1.54, 1.807) is 29.2 Å². The fraction of sp³-hybridized carbons (Fsp3) is 0.308. The molecule has 0 fully saturated rings. The van der Waals surface area contributed by atoms with E-state index in [4.69, 9.17) is 23.2 Å².